The van der Waals surface area contributed by atoms with Crippen molar-refractivity contribution in [3.63, 3.8) is 0 Å². The number of nitrogens with one attached hydrogen (secondary N) is 2. The Morgan fingerprint density at radius 1 is 1.32 bits per heavy atom. The monoisotopic (exact) mass is 283 g/mol. The minimum absolute atomic E-state index is 0.0298. The Morgan fingerprint density at radius 3 is 2.37 bits per heavy atom. The average molecular weight is 283 g/mol. The molecule has 0 saturated heterocycles. The van der Waals surface area contributed by atoms with Crippen molar-refractivity contribution in [2.24, 2.45) is 0 Å². The van der Waals surface area contributed by atoms with Crippen LogP contribution >= 0.6 is 11.8 Å². The number of hydrogen-bond donors (Lipinski definition) is 2. The minimum atomic E-state index is -0.341. The molecule has 0 aliphatic carbocycles. The molecule has 0 aliphatic rings. The first-order valence-corrected chi connectivity index (χ1v) is 7.44. The molecule has 0 aromatic heterocycles. The van der Waals surface area contributed by atoms with Crippen LogP contribution in [0.15, 0.2) is 18.2 Å². The fraction of sp³-hybridized carbons (Fsp3) is 0.538. The van der Waals surface area contributed by atoms with Crippen LogP contribution in [0.25, 0.3) is 0 Å². The van der Waals surface area contributed by atoms with E-state index in [0.717, 1.165) is 0 Å². The van der Waals surface area contributed by atoms with Gasteiger partial charge < -0.3 is 10.6 Å². The molecule has 0 aliphatic heterocycles. The molecule has 1 aromatic carbocycles. The van der Waals surface area contributed by atoms with E-state index in [0.29, 0.717) is 24.5 Å². The van der Waals surface area contributed by atoms with Gasteiger partial charge in [0.05, 0.1) is 4.92 Å². The van der Waals surface area contributed by atoms with Crippen molar-refractivity contribution >= 4 is 28.8 Å². The van der Waals surface area contributed by atoms with Crippen LogP contribution < -0.4 is 10.6 Å². The highest BCUT2D eigenvalue weighted by atomic mass is 32.2. The fourth-order valence-electron chi connectivity index (χ4n) is 1.60. The van der Waals surface area contributed by atoms with Gasteiger partial charge in [-0.2, -0.15) is 11.8 Å². The van der Waals surface area contributed by atoms with Gasteiger partial charge in [0.15, 0.2) is 0 Å². The highest BCUT2D eigenvalue weighted by Gasteiger charge is 2.22. The van der Waals surface area contributed by atoms with Crippen LogP contribution in [0.3, 0.4) is 0 Å². The molecule has 0 spiro atoms. The first-order valence-electron chi connectivity index (χ1n) is 6.21. The lowest BCUT2D eigenvalue weighted by Crippen LogP contribution is -2.26. The summed E-state index contributed by atoms with van der Waals surface area (Å²) < 4.78 is 0.0298. The largest absolute Gasteiger partial charge is 0.380 e. The number of hydrogen-bond acceptors (Lipinski definition) is 5. The highest BCUT2D eigenvalue weighted by molar-refractivity contribution is 7.99. The van der Waals surface area contributed by atoms with Crippen LogP contribution in [0.5, 0.6) is 0 Å². The molecule has 0 atom stereocenters. The van der Waals surface area contributed by atoms with Gasteiger partial charge in [-0.05, 0) is 39.2 Å². The molecular formula is C13H21N3O2S. The lowest BCUT2D eigenvalue weighted by molar-refractivity contribution is -0.383. The molecule has 0 radical (unpaired) electrons. The third kappa shape index (κ3) is 4.31. The summed E-state index contributed by atoms with van der Waals surface area (Å²) >= 11 is 1.73. The number of anilines is 2. The number of para-hydroxylation sites is 1. The molecule has 2 N–H and O–H groups in total. The van der Waals surface area contributed by atoms with Gasteiger partial charge in [0.2, 0.25) is 0 Å². The molecular weight excluding hydrogens is 262 g/mol. The Bertz CT molecular complexity index is 450. The number of nitro groups is 1. The smallest absolute Gasteiger partial charge is 0.315 e. The highest BCUT2D eigenvalue weighted by Crippen LogP contribution is 2.33. The number of rotatable bonds is 7. The maximum atomic E-state index is 11.2. The minimum Gasteiger partial charge on any atom is -0.380 e. The summed E-state index contributed by atoms with van der Waals surface area (Å²) in [7, 11) is 0. The van der Waals surface area contributed by atoms with E-state index in [1.54, 1.807) is 23.9 Å². The van der Waals surface area contributed by atoms with E-state index in [1.807, 2.05) is 19.2 Å². The summed E-state index contributed by atoms with van der Waals surface area (Å²) in [5, 5.41) is 17.4. The predicted molar refractivity (Wildman–Crippen MR) is 83.3 cm³/mol. The van der Waals surface area contributed by atoms with Crippen LogP contribution in [0, 0.1) is 10.1 Å². The third-order valence-electron chi connectivity index (χ3n) is 2.84. The summed E-state index contributed by atoms with van der Waals surface area (Å²) in [6.45, 7) is 7.45. The quantitative estimate of drug-likeness (QED) is 0.591. The molecule has 0 amide bonds. The van der Waals surface area contributed by atoms with Crippen LogP contribution in [0.4, 0.5) is 17.1 Å². The van der Waals surface area contributed by atoms with Gasteiger partial charge >= 0.3 is 5.69 Å². The Morgan fingerprint density at radius 2 is 1.89 bits per heavy atom. The maximum Gasteiger partial charge on any atom is 0.315 e. The standard InChI is InChI=1S/C13H21N3O2S/c1-5-14-10-7-6-8-11(12(10)16(17)18)15-9-13(2,3)19-4/h6-8,14-15H,5,9H2,1-4H3. The molecule has 5 nitrogen and oxygen atoms in total. The Hall–Kier alpha value is -1.43. The van der Waals surface area contributed by atoms with Gasteiger partial charge in [0.1, 0.15) is 11.4 Å². The predicted octanol–water partition coefficient (Wildman–Crippen LogP) is 3.58. The second kappa shape index (κ2) is 6.65. The Balaban J connectivity index is 3.00. The van der Waals surface area contributed by atoms with Crippen LogP contribution in [0.1, 0.15) is 20.8 Å². The lowest BCUT2D eigenvalue weighted by atomic mass is 10.2. The molecule has 0 bridgehead atoms. The Kier molecular flexibility index (Phi) is 5.47. The van der Waals surface area contributed by atoms with Crippen molar-refractivity contribution in [2.45, 2.75) is 25.5 Å². The molecule has 0 fully saturated rings. The first-order chi connectivity index (χ1) is 8.91. The van der Waals surface area contributed by atoms with E-state index in [2.05, 4.69) is 24.5 Å². The molecule has 0 unspecified atom stereocenters. The zero-order chi connectivity index (χ0) is 14.5. The van der Waals surface area contributed by atoms with E-state index < -0.39 is 0 Å². The number of nitro benzene ring substituents is 1. The molecule has 19 heavy (non-hydrogen) atoms. The zero-order valence-corrected chi connectivity index (χ0v) is 12.6. The SMILES string of the molecule is CCNc1cccc(NCC(C)(C)SC)c1[N+](=O)[O-]. The average Bonchev–Trinajstić information content (AvgIpc) is 2.36. The van der Waals surface area contributed by atoms with Gasteiger partial charge in [0, 0.05) is 17.8 Å². The number of benzene rings is 1. The number of thioether (sulfide) groups is 1. The second-order valence-electron chi connectivity index (χ2n) is 4.81. The van der Waals surface area contributed by atoms with Gasteiger partial charge in [-0.3, -0.25) is 10.1 Å². The maximum absolute atomic E-state index is 11.2. The second-order valence-corrected chi connectivity index (χ2v) is 6.32. The lowest BCUT2D eigenvalue weighted by Gasteiger charge is -2.23. The van der Waals surface area contributed by atoms with Crippen molar-refractivity contribution in [1.82, 2.24) is 0 Å². The number of nitrogens with zero attached hydrogens (tertiary/aromatic N) is 1. The topological polar surface area (TPSA) is 67.2 Å². The summed E-state index contributed by atoms with van der Waals surface area (Å²) in [6, 6.07) is 5.29. The van der Waals surface area contributed by atoms with Crippen LogP contribution in [-0.2, 0) is 0 Å². The van der Waals surface area contributed by atoms with Crippen LogP contribution in [-0.4, -0.2) is 29.0 Å². The Labute approximate surface area is 118 Å². The van der Waals surface area contributed by atoms with Crippen LogP contribution in [0.2, 0.25) is 0 Å². The van der Waals surface area contributed by atoms with E-state index in [-0.39, 0.29) is 15.4 Å². The van der Waals surface area contributed by atoms with Gasteiger partial charge in [-0.25, -0.2) is 0 Å². The van der Waals surface area contributed by atoms with Crippen molar-refractivity contribution in [3.8, 4) is 0 Å². The van der Waals surface area contributed by atoms with E-state index >= 15 is 0 Å². The van der Waals surface area contributed by atoms with E-state index in [1.165, 1.54) is 0 Å². The summed E-state index contributed by atoms with van der Waals surface area (Å²) in [5.74, 6) is 0. The van der Waals surface area contributed by atoms with Gasteiger partial charge in [-0.1, -0.05) is 6.07 Å². The first kappa shape index (κ1) is 15.6. The summed E-state index contributed by atoms with van der Waals surface area (Å²) in [4.78, 5) is 10.9. The molecule has 1 aromatic rings. The van der Waals surface area contributed by atoms with Crippen molar-refractivity contribution < 1.29 is 4.92 Å². The van der Waals surface area contributed by atoms with Gasteiger partial charge in [0.25, 0.3) is 0 Å². The molecule has 6 heteroatoms. The molecule has 1 rings (SSSR count). The zero-order valence-electron chi connectivity index (χ0n) is 11.8. The van der Waals surface area contributed by atoms with E-state index in [4.69, 9.17) is 0 Å². The van der Waals surface area contributed by atoms with E-state index in [9.17, 15) is 10.1 Å². The third-order valence-corrected chi connectivity index (χ3v) is 4.09. The summed E-state index contributed by atoms with van der Waals surface area (Å²) in [5.41, 5.74) is 1.23. The normalized spacial score (nSPS) is 11.2. The molecule has 0 saturated carbocycles. The molecule has 106 valence electrons. The van der Waals surface area contributed by atoms with Crippen molar-refractivity contribution in [3.05, 3.63) is 28.3 Å². The fourth-order valence-corrected chi connectivity index (χ4v) is 1.81. The summed E-state index contributed by atoms with van der Waals surface area (Å²) in [6.07, 6.45) is 2.03. The van der Waals surface area contributed by atoms with Gasteiger partial charge in [-0.15, -0.1) is 0 Å². The van der Waals surface area contributed by atoms with Crippen molar-refractivity contribution in [2.75, 3.05) is 30.0 Å². The van der Waals surface area contributed by atoms with Crippen molar-refractivity contribution in [1.29, 1.82) is 0 Å². The molecule has 0 heterocycles.